The first kappa shape index (κ1) is 21.4. The van der Waals surface area contributed by atoms with Crippen LogP contribution >= 0.6 is 11.6 Å². The summed E-state index contributed by atoms with van der Waals surface area (Å²) >= 11 is 6.22. The molecule has 0 spiro atoms. The zero-order chi connectivity index (χ0) is 20.9. The molecule has 0 aromatic heterocycles. The predicted molar refractivity (Wildman–Crippen MR) is 111 cm³/mol. The van der Waals surface area contributed by atoms with Gasteiger partial charge >= 0.3 is 0 Å². The summed E-state index contributed by atoms with van der Waals surface area (Å²) in [6, 6.07) is 11.7. The van der Waals surface area contributed by atoms with Gasteiger partial charge in [-0.15, -0.1) is 0 Å². The van der Waals surface area contributed by atoms with Gasteiger partial charge in [0.15, 0.2) is 6.61 Å². The number of fused-ring (bicyclic) bond motifs is 1. The molecule has 2 aromatic carbocycles. The largest absolute Gasteiger partial charge is 0.482 e. The summed E-state index contributed by atoms with van der Waals surface area (Å²) in [7, 11) is -2.14. The number of sulfonamides is 1. The van der Waals surface area contributed by atoms with E-state index in [0.29, 0.717) is 38.2 Å². The summed E-state index contributed by atoms with van der Waals surface area (Å²) in [5.41, 5.74) is 1.69. The lowest BCUT2D eigenvalue weighted by Crippen LogP contribution is -2.30. The molecule has 1 aliphatic heterocycles. The molecule has 3 rings (SSSR count). The molecule has 0 unspecified atom stereocenters. The fraction of sp³-hybridized carbons (Fsp3) is 0.350. The Morgan fingerprint density at radius 3 is 2.79 bits per heavy atom. The Balaban J connectivity index is 1.66. The van der Waals surface area contributed by atoms with Crippen molar-refractivity contribution in [2.45, 2.75) is 17.7 Å². The number of ether oxygens (including phenoxy) is 2. The minimum Gasteiger partial charge on any atom is -0.482 e. The Morgan fingerprint density at radius 1 is 1.24 bits per heavy atom. The number of nitrogens with zero attached hydrogens (tertiary/aromatic N) is 1. The van der Waals surface area contributed by atoms with Crippen LogP contribution < -0.4 is 14.4 Å². The van der Waals surface area contributed by atoms with Crippen LogP contribution in [0.3, 0.4) is 0 Å². The van der Waals surface area contributed by atoms with E-state index in [0.717, 1.165) is 5.56 Å². The van der Waals surface area contributed by atoms with Crippen molar-refractivity contribution in [1.82, 2.24) is 5.32 Å². The number of hydrogen-bond acceptors (Lipinski definition) is 5. The van der Waals surface area contributed by atoms with Crippen LogP contribution in [-0.2, 0) is 26.0 Å². The number of amides is 1. The molecule has 0 bridgehead atoms. The van der Waals surface area contributed by atoms with Crippen molar-refractivity contribution in [2.75, 3.05) is 37.7 Å². The topological polar surface area (TPSA) is 84.9 Å². The quantitative estimate of drug-likeness (QED) is 0.608. The van der Waals surface area contributed by atoms with Crippen molar-refractivity contribution in [3.8, 4) is 5.75 Å². The van der Waals surface area contributed by atoms with E-state index >= 15 is 0 Å². The fourth-order valence-corrected chi connectivity index (χ4v) is 4.91. The number of anilines is 1. The van der Waals surface area contributed by atoms with Gasteiger partial charge in [-0.25, -0.2) is 8.42 Å². The maximum Gasteiger partial charge on any atom is 0.264 e. The lowest BCUT2D eigenvalue weighted by Gasteiger charge is -2.20. The van der Waals surface area contributed by atoms with Gasteiger partial charge in [0.05, 0.1) is 15.6 Å². The zero-order valence-electron chi connectivity index (χ0n) is 16.1. The van der Waals surface area contributed by atoms with Gasteiger partial charge in [-0.1, -0.05) is 29.8 Å². The fourth-order valence-electron chi connectivity index (χ4n) is 3.08. The van der Waals surface area contributed by atoms with Gasteiger partial charge in [0.25, 0.3) is 15.9 Å². The van der Waals surface area contributed by atoms with Gasteiger partial charge in [-0.3, -0.25) is 9.10 Å². The number of carbonyl (C=O) groups excluding carboxylic acids is 1. The van der Waals surface area contributed by atoms with E-state index in [1.807, 2.05) is 18.2 Å². The number of nitrogens with one attached hydrogen (secondary N) is 1. The van der Waals surface area contributed by atoms with E-state index in [1.165, 1.54) is 22.5 Å². The minimum absolute atomic E-state index is 0.0792. The number of hydrogen-bond donors (Lipinski definition) is 1. The molecule has 29 heavy (non-hydrogen) atoms. The van der Waals surface area contributed by atoms with E-state index in [2.05, 4.69) is 5.32 Å². The highest BCUT2D eigenvalue weighted by Gasteiger charge is 2.31. The van der Waals surface area contributed by atoms with E-state index in [9.17, 15) is 13.2 Å². The molecular formula is C20H23ClN2O5S. The molecule has 0 aliphatic carbocycles. The Bertz CT molecular complexity index is 981. The van der Waals surface area contributed by atoms with Crippen molar-refractivity contribution >= 4 is 33.2 Å². The standard InChI is InChI=1S/C20H23ClN2O5S/c1-27-12-4-10-22-20(24)14-28-19-8-7-16(13-17(19)21)29(25,26)23-11-9-15-5-2-3-6-18(15)23/h2-3,5-8,13H,4,9-12,14H2,1H3,(H,22,24). The Hall–Kier alpha value is -2.29. The third-order valence-corrected chi connectivity index (χ3v) is 6.65. The summed E-state index contributed by atoms with van der Waals surface area (Å²) in [6.07, 6.45) is 1.37. The van der Waals surface area contributed by atoms with E-state index < -0.39 is 10.0 Å². The van der Waals surface area contributed by atoms with E-state index in [4.69, 9.17) is 21.1 Å². The van der Waals surface area contributed by atoms with E-state index in [1.54, 1.807) is 13.2 Å². The van der Waals surface area contributed by atoms with Crippen molar-refractivity contribution in [2.24, 2.45) is 0 Å². The normalized spacial score (nSPS) is 13.2. The van der Waals surface area contributed by atoms with Crippen LogP contribution in [0.5, 0.6) is 5.75 Å². The van der Waals surface area contributed by atoms with Crippen LogP contribution in [0.15, 0.2) is 47.4 Å². The average molecular weight is 439 g/mol. The molecule has 1 N–H and O–H groups in total. The lowest BCUT2D eigenvalue weighted by atomic mass is 10.2. The van der Waals surface area contributed by atoms with Crippen LogP contribution in [0.2, 0.25) is 5.02 Å². The Kier molecular flexibility index (Phi) is 7.00. The number of para-hydroxylation sites is 1. The summed E-state index contributed by atoms with van der Waals surface area (Å²) in [5, 5.41) is 2.83. The molecule has 1 aliphatic rings. The van der Waals surface area contributed by atoms with Gasteiger partial charge in [-0.2, -0.15) is 0 Å². The monoisotopic (exact) mass is 438 g/mol. The average Bonchev–Trinajstić information content (AvgIpc) is 3.15. The van der Waals surface area contributed by atoms with Gasteiger partial charge in [0, 0.05) is 26.8 Å². The van der Waals surface area contributed by atoms with Crippen LogP contribution in [0.1, 0.15) is 12.0 Å². The van der Waals surface area contributed by atoms with Gasteiger partial charge in [-0.05, 0) is 42.7 Å². The first-order valence-corrected chi connectivity index (χ1v) is 11.0. The van der Waals surface area contributed by atoms with Crippen LogP contribution in [0.4, 0.5) is 5.69 Å². The highest BCUT2D eigenvalue weighted by atomic mass is 35.5. The molecule has 0 atom stereocenters. The third kappa shape index (κ3) is 5.01. The molecule has 1 heterocycles. The predicted octanol–water partition coefficient (Wildman–Crippen LogP) is 2.62. The van der Waals surface area contributed by atoms with Crippen molar-refractivity contribution < 1.29 is 22.7 Å². The van der Waals surface area contributed by atoms with Gasteiger partial charge < -0.3 is 14.8 Å². The molecule has 0 saturated heterocycles. The highest BCUT2D eigenvalue weighted by Crippen LogP contribution is 2.34. The molecule has 0 saturated carbocycles. The summed E-state index contributed by atoms with van der Waals surface area (Å²) < 4.78 is 37.8. The maximum absolute atomic E-state index is 13.1. The summed E-state index contributed by atoms with van der Waals surface area (Å²) in [4.78, 5) is 11.9. The maximum atomic E-state index is 13.1. The Morgan fingerprint density at radius 2 is 2.03 bits per heavy atom. The molecule has 0 radical (unpaired) electrons. The molecule has 9 heteroatoms. The second-order valence-electron chi connectivity index (χ2n) is 6.53. The number of methoxy groups -OCH3 is 1. The summed E-state index contributed by atoms with van der Waals surface area (Å²) in [5.74, 6) is -0.0398. The van der Waals surface area contributed by atoms with Crippen LogP contribution in [0, 0.1) is 0 Å². The third-order valence-electron chi connectivity index (χ3n) is 4.54. The smallest absolute Gasteiger partial charge is 0.264 e. The van der Waals surface area contributed by atoms with Crippen LogP contribution in [0.25, 0.3) is 0 Å². The molecular weight excluding hydrogens is 416 g/mol. The molecule has 1 amide bonds. The zero-order valence-corrected chi connectivity index (χ0v) is 17.6. The number of rotatable bonds is 9. The molecule has 0 fully saturated rings. The molecule has 2 aromatic rings. The lowest BCUT2D eigenvalue weighted by molar-refractivity contribution is -0.123. The van der Waals surface area contributed by atoms with Crippen LogP contribution in [-0.4, -0.2) is 47.7 Å². The van der Waals surface area contributed by atoms with Crippen molar-refractivity contribution in [3.63, 3.8) is 0 Å². The van der Waals surface area contributed by atoms with E-state index in [-0.39, 0.29) is 28.2 Å². The first-order chi connectivity index (χ1) is 13.9. The van der Waals surface area contributed by atoms with Gasteiger partial charge in [0.1, 0.15) is 5.75 Å². The Labute approximate surface area is 175 Å². The van der Waals surface area contributed by atoms with Crippen molar-refractivity contribution in [1.29, 1.82) is 0 Å². The number of halogens is 1. The first-order valence-electron chi connectivity index (χ1n) is 9.22. The SMILES string of the molecule is COCCCNC(=O)COc1ccc(S(=O)(=O)N2CCc3ccccc32)cc1Cl. The molecule has 7 nitrogen and oxygen atoms in total. The highest BCUT2D eigenvalue weighted by molar-refractivity contribution is 7.92. The molecule has 156 valence electrons. The second kappa shape index (κ2) is 9.47. The number of benzene rings is 2. The second-order valence-corrected chi connectivity index (χ2v) is 8.80. The summed E-state index contributed by atoms with van der Waals surface area (Å²) in [6.45, 7) is 1.22. The van der Waals surface area contributed by atoms with Gasteiger partial charge in [0.2, 0.25) is 0 Å². The minimum atomic E-state index is -3.74. The van der Waals surface area contributed by atoms with Crippen molar-refractivity contribution in [3.05, 3.63) is 53.1 Å². The number of carbonyl (C=O) groups is 1.